The van der Waals surface area contributed by atoms with Gasteiger partial charge in [-0.1, -0.05) is 18.2 Å². The molecule has 0 spiro atoms. The summed E-state index contributed by atoms with van der Waals surface area (Å²) in [7, 11) is 0. The van der Waals surface area contributed by atoms with Crippen LogP contribution in [0.5, 0.6) is 17.2 Å². The van der Waals surface area contributed by atoms with E-state index in [4.69, 9.17) is 25.4 Å². The molecular weight excluding hydrogens is 432 g/mol. The molecule has 1 fully saturated rings. The Kier molecular flexibility index (Phi) is 5.55. The molecule has 2 heterocycles. The molecule has 172 valence electrons. The topological polar surface area (TPSA) is 114 Å². The van der Waals surface area contributed by atoms with Crippen molar-refractivity contribution < 1.29 is 19.0 Å². The highest BCUT2D eigenvalue weighted by molar-refractivity contribution is 5.97. The standard InChI is InChI=1S/C26H24N4O4/c1-16-12-22-23(29-16)6-3-7-24(22)33-20-10-8-19(9-11-20)32-15-21-14-30(26(31)34-21)18-5-2-4-17(13-18)25(27)28/h2-13,21,29H,14-15H2,1H3,(H3,27,28). The van der Waals surface area contributed by atoms with E-state index in [0.29, 0.717) is 29.3 Å². The number of aromatic nitrogens is 1. The summed E-state index contributed by atoms with van der Waals surface area (Å²) >= 11 is 0. The summed E-state index contributed by atoms with van der Waals surface area (Å²) in [5.74, 6) is 2.07. The summed E-state index contributed by atoms with van der Waals surface area (Å²) in [5.41, 5.74) is 8.84. The fraction of sp³-hybridized carbons (Fsp3) is 0.154. The number of nitrogens with zero attached hydrogens (tertiary/aromatic N) is 1. The molecule has 1 atom stereocenters. The highest BCUT2D eigenvalue weighted by atomic mass is 16.6. The quantitative estimate of drug-likeness (QED) is 0.269. The van der Waals surface area contributed by atoms with Crippen LogP contribution in [0.25, 0.3) is 10.9 Å². The molecule has 0 radical (unpaired) electrons. The number of hydrogen-bond acceptors (Lipinski definition) is 5. The van der Waals surface area contributed by atoms with Crippen molar-refractivity contribution in [3.8, 4) is 17.2 Å². The highest BCUT2D eigenvalue weighted by Crippen LogP contribution is 2.31. The Labute approximate surface area is 196 Å². The zero-order valence-electron chi connectivity index (χ0n) is 18.6. The molecule has 0 bridgehead atoms. The Morgan fingerprint density at radius 1 is 1.12 bits per heavy atom. The molecule has 1 aliphatic rings. The van der Waals surface area contributed by atoms with Crippen molar-refractivity contribution in [2.24, 2.45) is 5.73 Å². The molecule has 1 aromatic heterocycles. The van der Waals surface area contributed by atoms with Gasteiger partial charge in [-0.15, -0.1) is 0 Å². The van der Waals surface area contributed by atoms with Crippen molar-refractivity contribution in [3.63, 3.8) is 0 Å². The number of nitrogens with one attached hydrogen (secondary N) is 2. The third-order valence-corrected chi connectivity index (χ3v) is 5.59. The second-order valence-corrected chi connectivity index (χ2v) is 8.13. The van der Waals surface area contributed by atoms with Gasteiger partial charge in [0.05, 0.1) is 6.54 Å². The minimum Gasteiger partial charge on any atom is -0.490 e. The summed E-state index contributed by atoms with van der Waals surface area (Å²) in [4.78, 5) is 17.2. The van der Waals surface area contributed by atoms with E-state index >= 15 is 0 Å². The largest absolute Gasteiger partial charge is 0.490 e. The number of cyclic esters (lactones) is 1. The van der Waals surface area contributed by atoms with Crippen molar-refractivity contribution in [1.82, 2.24) is 4.98 Å². The lowest BCUT2D eigenvalue weighted by Gasteiger charge is -2.14. The second kappa shape index (κ2) is 8.82. The number of nitrogens with two attached hydrogens (primary N) is 1. The molecule has 34 heavy (non-hydrogen) atoms. The second-order valence-electron chi connectivity index (χ2n) is 8.13. The van der Waals surface area contributed by atoms with Crippen molar-refractivity contribution in [3.05, 3.63) is 84.1 Å². The number of hydrogen-bond donors (Lipinski definition) is 3. The maximum Gasteiger partial charge on any atom is 0.414 e. The number of benzene rings is 3. The van der Waals surface area contributed by atoms with Crippen LogP contribution < -0.4 is 20.1 Å². The van der Waals surface area contributed by atoms with Crippen LogP contribution in [0.15, 0.2) is 72.8 Å². The molecule has 1 saturated heterocycles. The summed E-state index contributed by atoms with van der Waals surface area (Å²) < 4.78 is 17.4. The average Bonchev–Trinajstić information content (AvgIpc) is 3.40. The van der Waals surface area contributed by atoms with Gasteiger partial charge in [0.2, 0.25) is 0 Å². The van der Waals surface area contributed by atoms with Crippen LogP contribution in [0, 0.1) is 12.3 Å². The van der Waals surface area contributed by atoms with Gasteiger partial charge in [-0.25, -0.2) is 4.79 Å². The van der Waals surface area contributed by atoms with E-state index in [1.807, 2.05) is 49.4 Å². The van der Waals surface area contributed by atoms with Gasteiger partial charge < -0.3 is 24.9 Å². The summed E-state index contributed by atoms with van der Waals surface area (Å²) in [6.07, 6.45) is -0.869. The normalized spacial score (nSPS) is 15.4. The number of aryl methyl sites for hydroxylation is 1. The fourth-order valence-corrected chi connectivity index (χ4v) is 3.94. The first-order valence-corrected chi connectivity index (χ1v) is 10.9. The van der Waals surface area contributed by atoms with Gasteiger partial charge in [-0.05, 0) is 61.5 Å². The predicted octanol–water partition coefficient (Wildman–Crippen LogP) is 4.96. The monoisotopic (exact) mass is 456 g/mol. The first kappa shape index (κ1) is 21.4. The van der Waals surface area contributed by atoms with Crippen LogP contribution in [0.4, 0.5) is 10.5 Å². The van der Waals surface area contributed by atoms with Crippen LogP contribution in [0.3, 0.4) is 0 Å². The number of amidine groups is 1. The molecular formula is C26H24N4O4. The smallest absolute Gasteiger partial charge is 0.414 e. The number of carbonyl (C=O) groups excluding carboxylic acids is 1. The number of nitrogen functional groups attached to an aromatic ring is 1. The lowest BCUT2D eigenvalue weighted by molar-refractivity contribution is 0.105. The van der Waals surface area contributed by atoms with E-state index in [0.717, 1.165) is 22.3 Å². The number of fused-ring (bicyclic) bond motifs is 1. The number of ether oxygens (including phenoxy) is 3. The molecule has 4 aromatic rings. The third kappa shape index (κ3) is 4.38. The van der Waals surface area contributed by atoms with Crippen molar-refractivity contribution in [2.45, 2.75) is 13.0 Å². The molecule has 0 saturated carbocycles. The first-order chi connectivity index (χ1) is 16.5. The van der Waals surface area contributed by atoms with Crippen molar-refractivity contribution in [1.29, 1.82) is 5.41 Å². The molecule has 1 aliphatic heterocycles. The van der Waals surface area contributed by atoms with Gasteiger partial charge in [-0.3, -0.25) is 10.3 Å². The average molecular weight is 457 g/mol. The van der Waals surface area contributed by atoms with Gasteiger partial charge in [0.25, 0.3) is 0 Å². The van der Waals surface area contributed by atoms with E-state index in [2.05, 4.69) is 11.1 Å². The Balaban J connectivity index is 1.19. The minimum atomic E-state index is -0.452. The van der Waals surface area contributed by atoms with Crippen molar-refractivity contribution in [2.75, 3.05) is 18.1 Å². The third-order valence-electron chi connectivity index (χ3n) is 5.59. The maximum absolute atomic E-state index is 12.3. The Morgan fingerprint density at radius 3 is 2.68 bits per heavy atom. The number of aromatic amines is 1. The zero-order valence-corrected chi connectivity index (χ0v) is 18.6. The van der Waals surface area contributed by atoms with Crippen LogP contribution >= 0.6 is 0 Å². The van der Waals surface area contributed by atoms with E-state index in [9.17, 15) is 4.79 Å². The van der Waals surface area contributed by atoms with Crippen LogP contribution in [-0.2, 0) is 4.74 Å². The molecule has 0 aliphatic carbocycles. The molecule has 5 rings (SSSR count). The Morgan fingerprint density at radius 2 is 1.88 bits per heavy atom. The zero-order chi connectivity index (χ0) is 23.7. The number of anilines is 1. The summed E-state index contributed by atoms with van der Waals surface area (Å²) in [6.45, 7) is 2.58. The lowest BCUT2D eigenvalue weighted by Crippen LogP contribution is -2.27. The number of rotatable bonds is 7. The molecule has 8 nitrogen and oxygen atoms in total. The minimum absolute atomic E-state index is 0.0541. The van der Waals surface area contributed by atoms with Crippen LogP contribution in [0.2, 0.25) is 0 Å². The first-order valence-electron chi connectivity index (χ1n) is 10.9. The van der Waals surface area contributed by atoms with Gasteiger partial charge in [0.15, 0.2) is 6.10 Å². The number of amides is 1. The molecule has 8 heteroatoms. The maximum atomic E-state index is 12.3. The van der Waals surface area contributed by atoms with Gasteiger partial charge in [0, 0.05) is 27.8 Å². The Hall–Kier alpha value is -4.46. The van der Waals surface area contributed by atoms with E-state index in [1.54, 1.807) is 24.3 Å². The Bertz CT molecular complexity index is 1360. The van der Waals surface area contributed by atoms with Gasteiger partial charge in [0.1, 0.15) is 29.7 Å². The number of H-pyrrole nitrogens is 1. The highest BCUT2D eigenvalue weighted by Gasteiger charge is 2.33. The lowest BCUT2D eigenvalue weighted by atomic mass is 10.1. The molecule has 4 N–H and O–H groups in total. The van der Waals surface area contributed by atoms with E-state index < -0.39 is 12.2 Å². The van der Waals surface area contributed by atoms with Crippen LogP contribution in [-0.4, -0.2) is 36.2 Å². The van der Waals surface area contributed by atoms with E-state index in [1.165, 1.54) is 4.90 Å². The predicted molar refractivity (Wildman–Crippen MR) is 130 cm³/mol. The summed E-state index contributed by atoms with van der Waals surface area (Å²) in [5, 5.41) is 8.61. The van der Waals surface area contributed by atoms with Crippen LogP contribution in [0.1, 0.15) is 11.3 Å². The molecule has 3 aromatic carbocycles. The van der Waals surface area contributed by atoms with E-state index in [-0.39, 0.29) is 12.4 Å². The fourth-order valence-electron chi connectivity index (χ4n) is 3.94. The van der Waals surface area contributed by atoms with Gasteiger partial charge in [-0.2, -0.15) is 0 Å². The molecule has 1 amide bonds. The number of carbonyl (C=O) groups is 1. The summed E-state index contributed by atoms with van der Waals surface area (Å²) in [6, 6.07) is 22.2. The van der Waals surface area contributed by atoms with Crippen molar-refractivity contribution >= 4 is 28.5 Å². The SMILES string of the molecule is Cc1cc2c(Oc3ccc(OCC4CN(c5cccc(C(=N)N)c5)C(=O)O4)cc3)cccc2[nH]1. The van der Waals surface area contributed by atoms with Gasteiger partial charge >= 0.3 is 6.09 Å². The molecule has 1 unspecified atom stereocenters.